The van der Waals surface area contributed by atoms with Gasteiger partial charge >= 0.3 is 0 Å². The second kappa shape index (κ2) is 4.29. The molecule has 1 fully saturated rings. The highest BCUT2D eigenvalue weighted by Crippen LogP contribution is 2.36. The van der Waals surface area contributed by atoms with Gasteiger partial charge in [0, 0.05) is 19.3 Å². The van der Waals surface area contributed by atoms with E-state index >= 15 is 0 Å². The summed E-state index contributed by atoms with van der Waals surface area (Å²) in [6.07, 6.45) is 5.76. The number of hydrogen-bond donors (Lipinski definition) is 1. The first-order valence-electron chi connectivity index (χ1n) is 6.02. The summed E-state index contributed by atoms with van der Waals surface area (Å²) in [6, 6.07) is 4.31. The first-order chi connectivity index (χ1) is 8.75. The molecule has 0 unspecified atom stereocenters. The predicted molar refractivity (Wildman–Crippen MR) is 64.9 cm³/mol. The van der Waals surface area contributed by atoms with Crippen LogP contribution in [0, 0.1) is 0 Å². The molecule has 1 amide bonds. The van der Waals surface area contributed by atoms with Crippen LogP contribution in [0.5, 0.6) is 0 Å². The molecule has 1 N–H and O–H groups in total. The van der Waals surface area contributed by atoms with E-state index in [1.54, 1.807) is 11.9 Å². The standard InChI is InChI=1S/C12H15N5O/c1-16(7-11-13-8-14-15-11)12(18)10-3-2-6-17(10)9-4-5-9/h2-3,6,8-9H,4-5,7H2,1H3,(H,13,14,15). The summed E-state index contributed by atoms with van der Waals surface area (Å²) < 4.78 is 2.07. The first kappa shape index (κ1) is 11.0. The van der Waals surface area contributed by atoms with Crippen molar-refractivity contribution in [3.05, 3.63) is 36.2 Å². The lowest BCUT2D eigenvalue weighted by Crippen LogP contribution is -2.28. The van der Waals surface area contributed by atoms with Crippen molar-refractivity contribution >= 4 is 5.91 Å². The Balaban J connectivity index is 1.75. The topological polar surface area (TPSA) is 66.8 Å². The smallest absolute Gasteiger partial charge is 0.270 e. The number of nitrogens with one attached hydrogen (secondary N) is 1. The number of H-pyrrole nitrogens is 1. The van der Waals surface area contributed by atoms with Gasteiger partial charge in [0.1, 0.15) is 17.8 Å². The molecule has 1 saturated carbocycles. The first-order valence-corrected chi connectivity index (χ1v) is 6.02. The highest BCUT2D eigenvalue weighted by Gasteiger charge is 2.27. The number of aromatic nitrogens is 4. The van der Waals surface area contributed by atoms with Crippen LogP contribution in [-0.4, -0.2) is 37.6 Å². The lowest BCUT2D eigenvalue weighted by Gasteiger charge is -2.17. The minimum absolute atomic E-state index is 0.0169. The van der Waals surface area contributed by atoms with Crippen LogP contribution in [0.15, 0.2) is 24.7 Å². The molecule has 0 atom stereocenters. The summed E-state index contributed by atoms with van der Waals surface area (Å²) >= 11 is 0. The lowest BCUT2D eigenvalue weighted by atomic mass is 10.3. The van der Waals surface area contributed by atoms with Crippen LogP contribution in [0.1, 0.15) is 35.2 Å². The molecule has 94 valence electrons. The van der Waals surface area contributed by atoms with E-state index in [1.807, 2.05) is 18.3 Å². The Bertz CT molecular complexity index is 541. The van der Waals surface area contributed by atoms with E-state index in [9.17, 15) is 4.79 Å². The third-order valence-corrected chi connectivity index (χ3v) is 3.14. The molecule has 2 heterocycles. The van der Waals surface area contributed by atoms with Gasteiger partial charge in [-0.15, -0.1) is 0 Å². The van der Waals surface area contributed by atoms with Crippen molar-refractivity contribution in [2.75, 3.05) is 7.05 Å². The predicted octanol–water partition coefficient (Wildman–Crippen LogP) is 1.21. The van der Waals surface area contributed by atoms with Gasteiger partial charge in [-0.1, -0.05) is 0 Å². The van der Waals surface area contributed by atoms with Gasteiger partial charge in [-0.25, -0.2) is 4.98 Å². The molecule has 0 bridgehead atoms. The number of nitrogens with zero attached hydrogens (tertiary/aromatic N) is 4. The maximum absolute atomic E-state index is 12.3. The van der Waals surface area contributed by atoms with E-state index < -0.39 is 0 Å². The molecule has 0 aromatic carbocycles. The van der Waals surface area contributed by atoms with E-state index in [4.69, 9.17) is 0 Å². The van der Waals surface area contributed by atoms with Gasteiger partial charge in [0.05, 0.1) is 6.54 Å². The number of hydrogen-bond acceptors (Lipinski definition) is 3. The molecule has 0 aliphatic heterocycles. The van der Waals surface area contributed by atoms with Crippen molar-refractivity contribution in [2.24, 2.45) is 0 Å². The zero-order valence-corrected chi connectivity index (χ0v) is 10.2. The maximum atomic E-state index is 12.3. The fourth-order valence-corrected chi connectivity index (χ4v) is 2.05. The van der Waals surface area contributed by atoms with E-state index in [0.29, 0.717) is 18.4 Å². The van der Waals surface area contributed by atoms with Crippen LogP contribution in [-0.2, 0) is 6.54 Å². The molecule has 2 aromatic heterocycles. The van der Waals surface area contributed by atoms with Gasteiger partial charge in [-0.3, -0.25) is 9.89 Å². The number of carbonyl (C=O) groups excluding carboxylic acids is 1. The van der Waals surface area contributed by atoms with Crippen molar-refractivity contribution in [2.45, 2.75) is 25.4 Å². The van der Waals surface area contributed by atoms with Crippen LogP contribution in [0.4, 0.5) is 0 Å². The molecule has 1 aliphatic rings. The molecule has 0 spiro atoms. The normalized spacial score (nSPS) is 14.7. The van der Waals surface area contributed by atoms with Crippen LogP contribution in [0.3, 0.4) is 0 Å². The van der Waals surface area contributed by atoms with E-state index in [2.05, 4.69) is 19.7 Å². The third kappa shape index (κ3) is 2.01. The van der Waals surface area contributed by atoms with E-state index in [1.165, 1.54) is 19.2 Å². The van der Waals surface area contributed by atoms with Crippen LogP contribution < -0.4 is 0 Å². The lowest BCUT2D eigenvalue weighted by molar-refractivity contribution is 0.0770. The Morgan fingerprint density at radius 3 is 3.11 bits per heavy atom. The number of amides is 1. The number of carbonyl (C=O) groups is 1. The SMILES string of the molecule is CN(Cc1ncn[nH]1)C(=O)c1cccn1C1CC1. The van der Waals surface area contributed by atoms with Gasteiger partial charge in [0.2, 0.25) is 0 Å². The van der Waals surface area contributed by atoms with Crippen molar-refractivity contribution in [3.63, 3.8) is 0 Å². The summed E-state index contributed by atoms with van der Waals surface area (Å²) in [5, 5.41) is 6.53. The fourth-order valence-electron chi connectivity index (χ4n) is 2.05. The molecule has 6 nitrogen and oxygen atoms in total. The largest absolute Gasteiger partial charge is 0.340 e. The van der Waals surface area contributed by atoms with Crippen molar-refractivity contribution in [1.29, 1.82) is 0 Å². The van der Waals surface area contributed by atoms with Gasteiger partial charge in [-0.2, -0.15) is 5.10 Å². The fraction of sp³-hybridized carbons (Fsp3) is 0.417. The molecule has 1 aliphatic carbocycles. The molecule has 0 radical (unpaired) electrons. The Morgan fingerprint density at radius 2 is 2.44 bits per heavy atom. The second-order valence-corrected chi connectivity index (χ2v) is 4.63. The molecule has 3 rings (SSSR count). The summed E-state index contributed by atoms with van der Waals surface area (Å²) in [5.41, 5.74) is 0.750. The zero-order valence-electron chi connectivity index (χ0n) is 10.2. The maximum Gasteiger partial charge on any atom is 0.270 e. The molecule has 2 aromatic rings. The Labute approximate surface area is 105 Å². The molecular weight excluding hydrogens is 230 g/mol. The van der Waals surface area contributed by atoms with E-state index in [0.717, 1.165) is 5.69 Å². The summed E-state index contributed by atoms with van der Waals surface area (Å²) in [6.45, 7) is 0.439. The highest BCUT2D eigenvalue weighted by atomic mass is 16.2. The van der Waals surface area contributed by atoms with Crippen molar-refractivity contribution in [3.8, 4) is 0 Å². The highest BCUT2D eigenvalue weighted by molar-refractivity contribution is 5.92. The van der Waals surface area contributed by atoms with Crippen LogP contribution >= 0.6 is 0 Å². The van der Waals surface area contributed by atoms with Crippen molar-refractivity contribution in [1.82, 2.24) is 24.6 Å². The minimum atomic E-state index is 0.0169. The average Bonchev–Trinajstić information content (AvgIpc) is 2.90. The van der Waals surface area contributed by atoms with Crippen LogP contribution in [0.2, 0.25) is 0 Å². The summed E-state index contributed by atoms with van der Waals surface area (Å²) in [7, 11) is 1.77. The summed E-state index contributed by atoms with van der Waals surface area (Å²) in [4.78, 5) is 18.0. The van der Waals surface area contributed by atoms with E-state index in [-0.39, 0.29) is 5.91 Å². The number of aromatic amines is 1. The minimum Gasteiger partial charge on any atom is -0.340 e. The summed E-state index contributed by atoms with van der Waals surface area (Å²) in [5.74, 6) is 0.707. The average molecular weight is 245 g/mol. The van der Waals surface area contributed by atoms with Gasteiger partial charge in [0.15, 0.2) is 0 Å². The Morgan fingerprint density at radius 1 is 1.61 bits per heavy atom. The van der Waals surface area contributed by atoms with Gasteiger partial charge in [0.25, 0.3) is 5.91 Å². The van der Waals surface area contributed by atoms with Crippen LogP contribution in [0.25, 0.3) is 0 Å². The zero-order chi connectivity index (χ0) is 12.5. The van der Waals surface area contributed by atoms with Crippen molar-refractivity contribution < 1.29 is 4.79 Å². The molecular formula is C12H15N5O. The quantitative estimate of drug-likeness (QED) is 0.880. The van der Waals surface area contributed by atoms with Gasteiger partial charge in [-0.05, 0) is 25.0 Å². The number of rotatable bonds is 4. The molecule has 0 saturated heterocycles. The Hall–Kier alpha value is -2.11. The second-order valence-electron chi connectivity index (χ2n) is 4.63. The Kier molecular flexibility index (Phi) is 2.62. The van der Waals surface area contributed by atoms with Gasteiger partial charge < -0.3 is 9.47 Å². The molecule has 18 heavy (non-hydrogen) atoms. The third-order valence-electron chi connectivity index (χ3n) is 3.14. The molecule has 6 heteroatoms. The monoisotopic (exact) mass is 245 g/mol.